The molecule has 98 valence electrons. The van der Waals surface area contributed by atoms with E-state index < -0.39 is 0 Å². The minimum Gasteiger partial charge on any atom is -0.398 e. The lowest BCUT2D eigenvalue weighted by molar-refractivity contribution is 0.104. The fourth-order valence-corrected chi connectivity index (χ4v) is 2.36. The molecule has 3 rings (SSSR count). The summed E-state index contributed by atoms with van der Waals surface area (Å²) in [7, 11) is 0. The molecule has 0 spiro atoms. The molecule has 0 fully saturated rings. The topological polar surface area (TPSA) is 43.1 Å². The van der Waals surface area contributed by atoms with E-state index in [0.29, 0.717) is 16.8 Å². The lowest BCUT2D eigenvalue weighted by atomic mass is 9.96. The lowest BCUT2D eigenvalue weighted by Crippen LogP contribution is -2.03. The van der Waals surface area contributed by atoms with Gasteiger partial charge in [-0.2, -0.15) is 0 Å². The Morgan fingerprint density at radius 1 is 0.950 bits per heavy atom. The maximum absolute atomic E-state index is 12.7. The average Bonchev–Trinajstić information content (AvgIpc) is 2.49. The second-order valence-corrected chi connectivity index (χ2v) is 4.93. The molecule has 0 aliphatic rings. The summed E-state index contributed by atoms with van der Waals surface area (Å²) in [5.74, 6) is 0.00787. The van der Waals surface area contributed by atoms with Gasteiger partial charge in [0.2, 0.25) is 0 Å². The van der Waals surface area contributed by atoms with E-state index in [0.717, 1.165) is 16.3 Å². The van der Waals surface area contributed by atoms with Gasteiger partial charge in [-0.3, -0.25) is 4.79 Å². The van der Waals surface area contributed by atoms with Crippen LogP contribution in [0.15, 0.2) is 60.7 Å². The van der Waals surface area contributed by atoms with Crippen LogP contribution in [0.1, 0.15) is 21.5 Å². The highest BCUT2D eigenvalue weighted by molar-refractivity contribution is 6.16. The van der Waals surface area contributed by atoms with Crippen LogP contribution in [0.5, 0.6) is 0 Å². The van der Waals surface area contributed by atoms with Crippen molar-refractivity contribution in [2.24, 2.45) is 0 Å². The summed E-state index contributed by atoms with van der Waals surface area (Å²) in [5.41, 5.74) is 8.88. The van der Waals surface area contributed by atoms with E-state index in [1.54, 1.807) is 6.07 Å². The second-order valence-electron chi connectivity index (χ2n) is 4.93. The first kappa shape index (κ1) is 12.4. The SMILES string of the molecule is Cc1ccc(C(=O)c2cccc3ccccc23)cc1N. The zero-order valence-corrected chi connectivity index (χ0v) is 11.3. The molecule has 0 aliphatic heterocycles. The molecule has 0 saturated carbocycles. The number of fused-ring (bicyclic) bond motifs is 1. The molecule has 0 aromatic heterocycles. The normalized spacial score (nSPS) is 10.7. The van der Waals surface area contributed by atoms with E-state index in [1.807, 2.05) is 61.5 Å². The molecule has 0 radical (unpaired) electrons. The monoisotopic (exact) mass is 261 g/mol. The molecule has 0 aliphatic carbocycles. The van der Waals surface area contributed by atoms with Crippen molar-refractivity contribution in [3.63, 3.8) is 0 Å². The maximum Gasteiger partial charge on any atom is 0.193 e. The molecule has 0 amide bonds. The first-order valence-corrected chi connectivity index (χ1v) is 6.55. The smallest absolute Gasteiger partial charge is 0.193 e. The standard InChI is InChI=1S/C18H15NO/c1-12-9-10-14(11-17(12)19)18(20)16-8-4-6-13-5-2-3-7-15(13)16/h2-11H,19H2,1H3. The van der Waals surface area contributed by atoms with Gasteiger partial charge in [0.1, 0.15) is 0 Å². The molecular formula is C18H15NO. The number of nitrogen functional groups attached to an aromatic ring is 1. The molecule has 20 heavy (non-hydrogen) atoms. The Balaban J connectivity index is 2.15. The van der Waals surface area contributed by atoms with E-state index in [9.17, 15) is 4.79 Å². The number of benzene rings is 3. The molecule has 0 saturated heterocycles. The molecule has 3 aromatic rings. The van der Waals surface area contributed by atoms with E-state index in [4.69, 9.17) is 5.73 Å². The molecule has 2 nitrogen and oxygen atoms in total. The third-order valence-corrected chi connectivity index (χ3v) is 3.58. The molecule has 0 atom stereocenters. The van der Waals surface area contributed by atoms with Gasteiger partial charge in [-0.15, -0.1) is 0 Å². The zero-order chi connectivity index (χ0) is 14.1. The fraction of sp³-hybridized carbons (Fsp3) is 0.0556. The van der Waals surface area contributed by atoms with Crippen LogP contribution in [0.25, 0.3) is 10.8 Å². The van der Waals surface area contributed by atoms with Crippen molar-refractivity contribution in [2.45, 2.75) is 6.92 Å². The highest BCUT2D eigenvalue weighted by Gasteiger charge is 2.12. The van der Waals surface area contributed by atoms with Gasteiger partial charge in [-0.1, -0.05) is 54.6 Å². The summed E-state index contributed by atoms with van der Waals surface area (Å²) in [5, 5.41) is 2.04. The maximum atomic E-state index is 12.7. The zero-order valence-electron chi connectivity index (χ0n) is 11.3. The van der Waals surface area contributed by atoms with Crippen molar-refractivity contribution in [1.29, 1.82) is 0 Å². The van der Waals surface area contributed by atoms with Gasteiger partial charge in [0.25, 0.3) is 0 Å². The van der Waals surface area contributed by atoms with Gasteiger partial charge in [-0.05, 0) is 29.3 Å². The minimum absolute atomic E-state index is 0.00787. The fourth-order valence-electron chi connectivity index (χ4n) is 2.36. The van der Waals surface area contributed by atoms with Gasteiger partial charge in [0.05, 0.1) is 0 Å². The molecule has 3 aromatic carbocycles. The molecule has 2 heteroatoms. The average molecular weight is 261 g/mol. The van der Waals surface area contributed by atoms with Gasteiger partial charge in [0.15, 0.2) is 5.78 Å². The number of carbonyl (C=O) groups is 1. The third kappa shape index (κ3) is 2.05. The Kier molecular flexibility index (Phi) is 2.99. The van der Waals surface area contributed by atoms with Gasteiger partial charge in [0, 0.05) is 16.8 Å². The molecule has 0 unspecified atom stereocenters. The van der Waals surface area contributed by atoms with Crippen molar-refractivity contribution in [2.75, 3.05) is 5.73 Å². The van der Waals surface area contributed by atoms with Crippen molar-refractivity contribution in [1.82, 2.24) is 0 Å². The van der Waals surface area contributed by atoms with E-state index in [-0.39, 0.29) is 5.78 Å². The van der Waals surface area contributed by atoms with Gasteiger partial charge < -0.3 is 5.73 Å². The quantitative estimate of drug-likeness (QED) is 0.560. The number of hydrogen-bond donors (Lipinski definition) is 1. The van der Waals surface area contributed by atoms with Crippen LogP contribution < -0.4 is 5.73 Å². The van der Waals surface area contributed by atoms with Crippen LogP contribution in [0.2, 0.25) is 0 Å². The lowest BCUT2D eigenvalue weighted by Gasteiger charge is -2.07. The summed E-state index contributed by atoms with van der Waals surface area (Å²) >= 11 is 0. The van der Waals surface area contributed by atoms with Gasteiger partial charge in [-0.25, -0.2) is 0 Å². The first-order valence-electron chi connectivity index (χ1n) is 6.55. The van der Waals surface area contributed by atoms with Crippen LogP contribution >= 0.6 is 0 Å². The third-order valence-electron chi connectivity index (χ3n) is 3.58. The van der Waals surface area contributed by atoms with Crippen LogP contribution in [-0.4, -0.2) is 5.78 Å². The molecular weight excluding hydrogens is 246 g/mol. The van der Waals surface area contributed by atoms with Crippen molar-refractivity contribution >= 4 is 22.2 Å². The number of aryl methyl sites for hydroxylation is 1. The number of hydrogen-bond acceptors (Lipinski definition) is 2. The number of nitrogens with two attached hydrogens (primary N) is 1. The highest BCUT2D eigenvalue weighted by atomic mass is 16.1. The Labute approximate surface area is 117 Å². The number of anilines is 1. The Morgan fingerprint density at radius 2 is 1.70 bits per heavy atom. The van der Waals surface area contributed by atoms with E-state index in [2.05, 4.69) is 0 Å². The van der Waals surface area contributed by atoms with E-state index in [1.165, 1.54) is 0 Å². The molecule has 0 heterocycles. The summed E-state index contributed by atoms with van der Waals surface area (Å²) in [4.78, 5) is 12.7. The largest absolute Gasteiger partial charge is 0.398 e. The minimum atomic E-state index is 0.00787. The molecule has 0 bridgehead atoms. The predicted molar refractivity (Wildman–Crippen MR) is 83.0 cm³/mol. The van der Waals surface area contributed by atoms with Crippen molar-refractivity contribution in [3.05, 3.63) is 77.4 Å². The molecule has 2 N–H and O–H groups in total. The Bertz CT molecular complexity index is 800. The van der Waals surface area contributed by atoms with Crippen molar-refractivity contribution in [3.8, 4) is 0 Å². The van der Waals surface area contributed by atoms with Crippen LogP contribution in [0.3, 0.4) is 0 Å². The Hall–Kier alpha value is -2.61. The second kappa shape index (κ2) is 4.82. The summed E-state index contributed by atoms with van der Waals surface area (Å²) in [6, 6.07) is 19.1. The van der Waals surface area contributed by atoms with E-state index >= 15 is 0 Å². The summed E-state index contributed by atoms with van der Waals surface area (Å²) < 4.78 is 0. The number of ketones is 1. The number of carbonyl (C=O) groups excluding carboxylic acids is 1. The Morgan fingerprint density at radius 3 is 2.50 bits per heavy atom. The highest BCUT2D eigenvalue weighted by Crippen LogP contribution is 2.23. The van der Waals surface area contributed by atoms with Crippen LogP contribution in [0.4, 0.5) is 5.69 Å². The van der Waals surface area contributed by atoms with Crippen LogP contribution in [0, 0.1) is 6.92 Å². The summed E-state index contributed by atoms with van der Waals surface area (Å²) in [6.45, 7) is 1.93. The number of rotatable bonds is 2. The van der Waals surface area contributed by atoms with Gasteiger partial charge >= 0.3 is 0 Å². The van der Waals surface area contributed by atoms with Crippen LogP contribution in [-0.2, 0) is 0 Å². The van der Waals surface area contributed by atoms with Crippen molar-refractivity contribution < 1.29 is 4.79 Å². The first-order chi connectivity index (χ1) is 9.66. The predicted octanol–water partition coefficient (Wildman–Crippen LogP) is 3.96. The summed E-state index contributed by atoms with van der Waals surface area (Å²) in [6.07, 6.45) is 0.